The van der Waals surface area contributed by atoms with E-state index < -0.39 is 0 Å². The number of fused-ring (bicyclic) bond motifs is 1. The van der Waals surface area contributed by atoms with Crippen LogP contribution in [0.2, 0.25) is 0 Å². The van der Waals surface area contributed by atoms with Crippen LogP contribution in [0.3, 0.4) is 0 Å². The SMILES string of the molecule is CC(C)CNc1cccc2cc[nH]c12. The molecule has 0 unspecified atom stereocenters. The Balaban J connectivity index is 2.27. The minimum absolute atomic E-state index is 0.667. The molecule has 74 valence electrons. The van der Waals surface area contributed by atoms with E-state index in [-0.39, 0.29) is 0 Å². The maximum atomic E-state index is 3.44. The molecule has 1 heterocycles. The Morgan fingerprint density at radius 3 is 2.93 bits per heavy atom. The van der Waals surface area contributed by atoms with Gasteiger partial charge in [0.2, 0.25) is 0 Å². The lowest BCUT2D eigenvalue weighted by molar-refractivity contribution is 0.689. The Hall–Kier alpha value is -1.44. The summed E-state index contributed by atoms with van der Waals surface area (Å²) in [6.45, 7) is 5.43. The van der Waals surface area contributed by atoms with Crippen molar-refractivity contribution in [2.24, 2.45) is 5.92 Å². The predicted molar refractivity (Wildman–Crippen MR) is 61.6 cm³/mol. The molecule has 1 aromatic heterocycles. The quantitative estimate of drug-likeness (QED) is 0.760. The molecule has 0 saturated heterocycles. The Bertz CT molecular complexity index is 415. The van der Waals surface area contributed by atoms with Crippen LogP contribution in [0.15, 0.2) is 30.5 Å². The van der Waals surface area contributed by atoms with Gasteiger partial charge in [-0.2, -0.15) is 0 Å². The molecule has 0 radical (unpaired) electrons. The van der Waals surface area contributed by atoms with Crippen LogP contribution in [0.5, 0.6) is 0 Å². The highest BCUT2D eigenvalue weighted by atomic mass is 14.9. The summed E-state index contributed by atoms with van der Waals surface area (Å²) in [7, 11) is 0. The zero-order chi connectivity index (χ0) is 9.97. The summed E-state index contributed by atoms with van der Waals surface area (Å²) in [6, 6.07) is 8.41. The van der Waals surface area contributed by atoms with E-state index in [2.05, 4.69) is 48.4 Å². The van der Waals surface area contributed by atoms with Crippen LogP contribution < -0.4 is 5.32 Å². The van der Waals surface area contributed by atoms with E-state index in [0.29, 0.717) is 5.92 Å². The first-order valence-electron chi connectivity index (χ1n) is 5.07. The number of nitrogens with one attached hydrogen (secondary N) is 2. The average Bonchev–Trinajstić information content (AvgIpc) is 2.62. The van der Waals surface area contributed by atoms with Crippen LogP contribution in [-0.2, 0) is 0 Å². The van der Waals surface area contributed by atoms with Gasteiger partial charge in [0.1, 0.15) is 0 Å². The molecule has 0 bridgehead atoms. The van der Waals surface area contributed by atoms with E-state index in [1.165, 1.54) is 16.6 Å². The molecule has 14 heavy (non-hydrogen) atoms. The molecule has 0 aliphatic carbocycles. The van der Waals surface area contributed by atoms with Crippen molar-refractivity contribution in [3.05, 3.63) is 30.5 Å². The Morgan fingerprint density at radius 1 is 1.29 bits per heavy atom. The topological polar surface area (TPSA) is 27.8 Å². The summed E-state index contributed by atoms with van der Waals surface area (Å²) in [5.74, 6) is 0.667. The number of hydrogen-bond donors (Lipinski definition) is 2. The first-order chi connectivity index (χ1) is 6.77. The van der Waals surface area contributed by atoms with Crippen LogP contribution in [0.1, 0.15) is 13.8 Å². The van der Waals surface area contributed by atoms with Crippen LogP contribution in [0.25, 0.3) is 10.9 Å². The lowest BCUT2D eigenvalue weighted by Crippen LogP contribution is -2.07. The largest absolute Gasteiger partial charge is 0.383 e. The van der Waals surface area contributed by atoms with Gasteiger partial charge < -0.3 is 10.3 Å². The Labute approximate surface area is 84.3 Å². The smallest absolute Gasteiger partial charge is 0.0689 e. The van der Waals surface area contributed by atoms with Crippen molar-refractivity contribution in [2.45, 2.75) is 13.8 Å². The fraction of sp³-hybridized carbons (Fsp3) is 0.333. The van der Waals surface area contributed by atoms with E-state index >= 15 is 0 Å². The second-order valence-corrected chi connectivity index (χ2v) is 4.02. The molecule has 2 heteroatoms. The van der Waals surface area contributed by atoms with Crippen LogP contribution >= 0.6 is 0 Å². The standard InChI is InChI=1S/C12H16N2/c1-9(2)8-14-11-5-3-4-10-6-7-13-12(10)11/h3-7,9,13-14H,8H2,1-2H3. The molecule has 0 spiro atoms. The molecule has 0 amide bonds. The van der Waals surface area contributed by atoms with Crippen molar-refractivity contribution in [3.63, 3.8) is 0 Å². The molecule has 2 aromatic rings. The van der Waals surface area contributed by atoms with Gasteiger partial charge in [-0.25, -0.2) is 0 Å². The molecule has 2 nitrogen and oxygen atoms in total. The number of aromatic nitrogens is 1. The first kappa shape index (κ1) is 9.13. The zero-order valence-corrected chi connectivity index (χ0v) is 8.67. The normalized spacial score (nSPS) is 11.1. The molecule has 2 N–H and O–H groups in total. The van der Waals surface area contributed by atoms with Crippen molar-refractivity contribution in [2.75, 3.05) is 11.9 Å². The maximum absolute atomic E-state index is 3.44. The molecule has 0 saturated carbocycles. The maximum Gasteiger partial charge on any atom is 0.0689 e. The molecule has 2 rings (SSSR count). The molecule has 0 aliphatic rings. The summed E-state index contributed by atoms with van der Waals surface area (Å²) in [6.07, 6.45) is 1.98. The number of benzene rings is 1. The van der Waals surface area contributed by atoms with Gasteiger partial charge in [-0.3, -0.25) is 0 Å². The summed E-state index contributed by atoms with van der Waals surface area (Å²) in [5.41, 5.74) is 2.40. The fourth-order valence-electron chi connectivity index (χ4n) is 1.55. The van der Waals surface area contributed by atoms with Gasteiger partial charge in [0, 0.05) is 18.1 Å². The monoisotopic (exact) mass is 188 g/mol. The van der Waals surface area contributed by atoms with Crippen molar-refractivity contribution in [1.82, 2.24) is 4.98 Å². The van der Waals surface area contributed by atoms with Gasteiger partial charge in [-0.15, -0.1) is 0 Å². The molecule has 0 fully saturated rings. The lowest BCUT2D eigenvalue weighted by atomic mass is 10.2. The van der Waals surface area contributed by atoms with Crippen molar-refractivity contribution in [1.29, 1.82) is 0 Å². The van der Waals surface area contributed by atoms with E-state index in [0.717, 1.165) is 6.54 Å². The third-order valence-corrected chi connectivity index (χ3v) is 2.29. The van der Waals surface area contributed by atoms with Gasteiger partial charge in [-0.05, 0) is 18.1 Å². The fourth-order valence-corrected chi connectivity index (χ4v) is 1.55. The molecular formula is C12H16N2. The van der Waals surface area contributed by atoms with Crippen LogP contribution in [0, 0.1) is 5.92 Å². The Morgan fingerprint density at radius 2 is 2.14 bits per heavy atom. The lowest BCUT2D eigenvalue weighted by Gasteiger charge is -2.09. The second-order valence-electron chi connectivity index (χ2n) is 4.02. The summed E-state index contributed by atoms with van der Waals surface area (Å²) >= 11 is 0. The third-order valence-electron chi connectivity index (χ3n) is 2.29. The summed E-state index contributed by atoms with van der Waals surface area (Å²) in [4.78, 5) is 3.25. The highest BCUT2D eigenvalue weighted by Gasteiger charge is 2.01. The number of anilines is 1. The second kappa shape index (κ2) is 3.74. The molecule has 1 aromatic carbocycles. The molecule has 0 atom stereocenters. The molecule has 0 aliphatic heterocycles. The molecular weight excluding hydrogens is 172 g/mol. The van der Waals surface area contributed by atoms with Crippen molar-refractivity contribution >= 4 is 16.6 Å². The third kappa shape index (κ3) is 1.74. The number of para-hydroxylation sites is 1. The minimum Gasteiger partial charge on any atom is -0.383 e. The van der Waals surface area contributed by atoms with Gasteiger partial charge in [0.25, 0.3) is 0 Å². The van der Waals surface area contributed by atoms with E-state index in [9.17, 15) is 0 Å². The minimum atomic E-state index is 0.667. The van der Waals surface area contributed by atoms with E-state index in [1.807, 2.05) is 6.20 Å². The van der Waals surface area contributed by atoms with Crippen LogP contribution in [0.4, 0.5) is 5.69 Å². The zero-order valence-electron chi connectivity index (χ0n) is 8.67. The number of H-pyrrole nitrogens is 1. The van der Waals surface area contributed by atoms with Gasteiger partial charge >= 0.3 is 0 Å². The Kier molecular flexibility index (Phi) is 2.44. The average molecular weight is 188 g/mol. The van der Waals surface area contributed by atoms with E-state index in [1.54, 1.807) is 0 Å². The van der Waals surface area contributed by atoms with Gasteiger partial charge in [0.15, 0.2) is 0 Å². The summed E-state index contributed by atoms with van der Waals surface area (Å²) < 4.78 is 0. The first-order valence-corrected chi connectivity index (χ1v) is 5.07. The number of hydrogen-bond acceptors (Lipinski definition) is 1. The van der Waals surface area contributed by atoms with E-state index in [4.69, 9.17) is 0 Å². The number of rotatable bonds is 3. The van der Waals surface area contributed by atoms with Crippen molar-refractivity contribution < 1.29 is 0 Å². The van der Waals surface area contributed by atoms with Gasteiger partial charge in [-0.1, -0.05) is 26.0 Å². The van der Waals surface area contributed by atoms with Crippen molar-refractivity contribution in [3.8, 4) is 0 Å². The number of aromatic amines is 1. The highest BCUT2D eigenvalue weighted by Crippen LogP contribution is 2.21. The summed E-state index contributed by atoms with van der Waals surface area (Å²) in [5, 5.41) is 4.70. The van der Waals surface area contributed by atoms with Crippen LogP contribution in [-0.4, -0.2) is 11.5 Å². The predicted octanol–water partition coefficient (Wildman–Crippen LogP) is 3.24. The highest BCUT2D eigenvalue weighted by molar-refractivity contribution is 5.90. The van der Waals surface area contributed by atoms with Gasteiger partial charge in [0.05, 0.1) is 11.2 Å².